The van der Waals surface area contributed by atoms with Crippen molar-refractivity contribution in [2.24, 2.45) is 5.92 Å². The molecule has 17 heavy (non-hydrogen) atoms. The van der Waals surface area contributed by atoms with Gasteiger partial charge in [-0.1, -0.05) is 13.8 Å². The van der Waals surface area contributed by atoms with Crippen LogP contribution in [-0.2, 0) is 0 Å². The SMILES string of the molecule is Cc1cc(C(=O)Cl)cc(C)c1OCCC(C)C. The minimum absolute atomic E-state index is 0.426. The van der Waals surface area contributed by atoms with Gasteiger partial charge in [-0.2, -0.15) is 0 Å². The van der Waals surface area contributed by atoms with Gasteiger partial charge in [-0.05, 0) is 61.0 Å². The molecule has 0 fully saturated rings. The van der Waals surface area contributed by atoms with Crippen molar-refractivity contribution in [1.29, 1.82) is 0 Å². The lowest BCUT2D eigenvalue weighted by molar-refractivity contribution is 0.108. The third-order valence-corrected chi connectivity index (χ3v) is 2.85. The zero-order valence-electron chi connectivity index (χ0n) is 10.8. The highest BCUT2D eigenvalue weighted by Gasteiger charge is 2.10. The Kier molecular flexibility index (Phi) is 5.01. The molecule has 0 aliphatic heterocycles. The van der Waals surface area contributed by atoms with E-state index in [-0.39, 0.29) is 0 Å². The van der Waals surface area contributed by atoms with E-state index in [0.29, 0.717) is 18.1 Å². The Bertz CT molecular complexity index is 388. The van der Waals surface area contributed by atoms with Gasteiger partial charge in [0.2, 0.25) is 0 Å². The minimum atomic E-state index is -0.426. The first-order chi connectivity index (χ1) is 7.91. The molecule has 0 saturated carbocycles. The summed E-state index contributed by atoms with van der Waals surface area (Å²) in [6.07, 6.45) is 1.02. The van der Waals surface area contributed by atoms with Crippen molar-refractivity contribution >= 4 is 16.8 Å². The molecule has 3 heteroatoms. The third kappa shape index (κ3) is 4.04. The highest BCUT2D eigenvalue weighted by Crippen LogP contribution is 2.25. The molecule has 0 bridgehead atoms. The van der Waals surface area contributed by atoms with Gasteiger partial charge in [-0.15, -0.1) is 0 Å². The molecule has 0 aliphatic carbocycles. The van der Waals surface area contributed by atoms with Crippen molar-refractivity contribution in [3.8, 4) is 5.75 Å². The summed E-state index contributed by atoms with van der Waals surface area (Å²) >= 11 is 5.47. The lowest BCUT2D eigenvalue weighted by atomic mass is 10.1. The number of aryl methyl sites for hydroxylation is 2. The second kappa shape index (κ2) is 6.06. The van der Waals surface area contributed by atoms with Crippen LogP contribution in [0.2, 0.25) is 0 Å². The van der Waals surface area contributed by atoms with Crippen LogP contribution in [0.25, 0.3) is 0 Å². The Balaban J connectivity index is 2.83. The van der Waals surface area contributed by atoms with Gasteiger partial charge in [0, 0.05) is 5.56 Å². The Morgan fingerprint density at radius 3 is 2.24 bits per heavy atom. The molecule has 1 aromatic rings. The fourth-order valence-corrected chi connectivity index (χ4v) is 1.80. The Hall–Kier alpha value is -1.02. The molecule has 1 aromatic carbocycles. The quantitative estimate of drug-likeness (QED) is 0.740. The van der Waals surface area contributed by atoms with Crippen LogP contribution in [-0.4, -0.2) is 11.8 Å². The summed E-state index contributed by atoms with van der Waals surface area (Å²) in [4.78, 5) is 11.1. The van der Waals surface area contributed by atoms with Crippen LogP contribution >= 0.6 is 11.6 Å². The standard InChI is InChI=1S/C14H19ClO2/c1-9(2)5-6-17-13-10(3)7-12(14(15)16)8-11(13)4/h7-9H,5-6H2,1-4H3. The third-order valence-electron chi connectivity index (χ3n) is 2.63. The molecule has 0 N–H and O–H groups in total. The number of halogens is 1. The number of carbonyl (C=O) groups excluding carboxylic acids is 1. The molecule has 0 radical (unpaired) electrons. The van der Waals surface area contributed by atoms with Crippen molar-refractivity contribution in [2.45, 2.75) is 34.1 Å². The van der Waals surface area contributed by atoms with Gasteiger partial charge >= 0.3 is 0 Å². The van der Waals surface area contributed by atoms with Crippen LogP contribution in [0.3, 0.4) is 0 Å². The number of hydrogen-bond acceptors (Lipinski definition) is 2. The van der Waals surface area contributed by atoms with E-state index in [1.165, 1.54) is 0 Å². The normalized spacial score (nSPS) is 10.7. The van der Waals surface area contributed by atoms with Crippen molar-refractivity contribution < 1.29 is 9.53 Å². The lowest BCUT2D eigenvalue weighted by Crippen LogP contribution is -2.04. The summed E-state index contributed by atoms with van der Waals surface area (Å²) < 4.78 is 5.76. The monoisotopic (exact) mass is 254 g/mol. The molecule has 0 amide bonds. The maximum absolute atomic E-state index is 11.1. The molecule has 0 spiro atoms. The molecular weight excluding hydrogens is 236 g/mol. The van der Waals surface area contributed by atoms with Crippen molar-refractivity contribution in [3.63, 3.8) is 0 Å². The predicted octanol–water partition coefficient (Wildman–Crippen LogP) is 4.11. The summed E-state index contributed by atoms with van der Waals surface area (Å²) in [5, 5.41) is -0.426. The molecule has 0 unspecified atom stereocenters. The predicted molar refractivity (Wildman–Crippen MR) is 71.0 cm³/mol. The van der Waals surface area contributed by atoms with E-state index >= 15 is 0 Å². The number of carbonyl (C=O) groups is 1. The molecule has 0 atom stereocenters. The first-order valence-electron chi connectivity index (χ1n) is 5.85. The smallest absolute Gasteiger partial charge is 0.252 e. The molecule has 94 valence electrons. The van der Waals surface area contributed by atoms with E-state index < -0.39 is 5.24 Å². The molecule has 0 saturated heterocycles. The molecular formula is C14H19ClO2. The summed E-state index contributed by atoms with van der Waals surface area (Å²) in [6.45, 7) is 8.90. The summed E-state index contributed by atoms with van der Waals surface area (Å²) in [6, 6.07) is 3.54. The van der Waals surface area contributed by atoms with Crippen LogP contribution in [0.15, 0.2) is 12.1 Å². The topological polar surface area (TPSA) is 26.3 Å². The average Bonchev–Trinajstić information content (AvgIpc) is 2.21. The van der Waals surface area contributed by atoms with Gasteiger partial charge in [0.05, 0.1) is 6.61 Å². The van der Waals surface area contributed by atoms with Gasteiger partial charge in [0.25, 0.3) is 5.24 Å². The van der Waals surface area contributed by atoms with Gasteiger partial charge in [-0.3, -0.25) is 4.79 Å². The molecule has 1 rings (SSSR count). The second-order valence-corrected chi connectivity index (χ2v) is 5.09. The van der Waals surface area contributed by atoms with Gasteiger partial charge in [-0.25, -0.2) is 0 Å². The first-order valence-corrected chi connectivity index (χ1v) is 6.23. The number of rotatable bonds is 5. The zero-order valence-corrected chi connectivity index (χ0v) is 11.6. The molecule has 0 aromatic heterocycles. The van der Waals surface area contributed by atoms with Crippen LogP contribution in [0, 0.1) is 19.8 Å². The fourth-order valence-electron chi connectivity index (χ4n) is 1.69. The average molecular weight is 255 g/mol. The highest BCUT2D eigenvalue weighted by atomic mass is 35.5. The molecule has 0 aliphatic rings. The maximum Gasteiger partial charge on any atom is 0.252 e. The van der Waals surface area contributed by atoms with E-state index in [2.05, 4.69) is 13.8 Å². The van der Waals surface area contributed by atoms with Crippen molar-refractivity contribution in [1.82, 2.24) is 0 Å². The van der Waals surface area contributed by atoms with Crippen LogP contribution < -0.4 is 4.74 Å². The Morgan fingerprint density at radius 1 is 1.29 bits per heavy atom. The van der Waals surface area contributed by atoms with Crippen molar-refractivity contribution in [2.75, 3.05) is 6.61 Å². The largest absolute Gasteiger partial charge is 0.493 e. The van der Waals surface area contributed by atoms with E-state index in [9.17, 15) is 4.79 Å². The summed E-state index contributed by atoms with van der Waals surface area (Å²) in [5.41, 5.74) is 2.44. The van der Waals surface area contributed by atoms with E-state index in [1.54, 1.807) is 12.1 Å². The first kappa shape index (κ1) is 14.0. The van der Waals surface area contributed by atoms with E-state index in [0.717, 1.165) is 23.3 Å². The van der Waals surface area contributed by atoms with Gasteiger partial charge < -0.3 is 4.74 Å². The minimum Gasteiger partial charge on any atom is -0.493 e. The van der Waals surface area contributed by atoms with Gasteiger partial charge in [0.15, 0.2) is 0 Å². The van der Waals surface area contributed by atoms with Crippen LogP contribution in [0.5, 0.6) is 5.75 Å². The maximum atomic E-state index is 11.1. The Labute approximate surface area is 108 Å². The number of benzene rings is 1. The van der Waals surface area contributed by atoms with E-state index in [1.807, 2.05) is 13.8 Å². The van der Waals surface area contributed by atoms with Crippen LogP contribution in [0.4, 0.5) is 0 Å². The molecule has 0 heterocycles. The van der Waals surface area contributed by atoms with Crippen LogP contribution in [0.1, 0.15) is 41.8 Å². The Morgan fingerprint density at radius 2 is 1.82 bits per heavy atom. The second-order valence-electron chi connectivity index (χ2n) is 4.74. The lowest BCUT2D eigenvalue weighted by Gasteiger charge is -2.14. The van der Waals surface area contributed by atoms with E-state index in [4.69, 9.17) is 16.3 Å². The number of ether oxygens (including phenoxy) is 1. The van der Waals surface area contributed by atoms with Gasteiger partial charge in [0.1, 0.15) is 5.75 Å². The number of hydrogen-bond donors (Lipinski definition) is 0. The fraction of sp³-hybridized carbons (Fsp3) is 0.500. The summed E-state index contributed by atoms with van der Waals surface area (Å²) in [5.74, 6) is 1.49. The molecule has 2 nitrogen and oxygen atoms in total. The summed E-state index contributed by atoms with van der Waals surface area (Å²) in [7, 11) is 0. The van der Waals surface area contributed by atoms with Crippen molar-refractivity contribution in [3.05, 3.63) is 28.8 Å². The zero-order chi connectivity index (χ0) is 13.0. The highest BCUT2D eigenvalue weighted by molar-refractivity contribution is 6.67.